The van der Waals surface area contributed by atoms with Crippen molar-refractivity contribution >= 4 is 28.5 Å². The van der Waals surface area contributed by atoms with Gasteiger partial charge < -0.3 is 15.8 Å². The second-order valence-corrected chi connectivity index (χ2v) is 7.10. The molecule has 26 heavy (non-hydrogen) atoms. The van der Waals surface area contributed by atoms with Gasteiger partial charge in [-0.05, 0) is 37.8 Å². The van der Waals surface area contributed by atoms with Gasteiger partial charge in [0.15, 0.2) is 5.69 Å². The zero-order chi connectivity index (χ0) is 18.7. The number of nitrogens with one attached hydrogen (secondary N) is 1. The zero-order valence-electron chi connectivity index (χ0n) is 15.2. The minimum absolute atomic E-state index is 0.0364. The highest BCUT2D eigenvalue weighted by atomic mass is 16.5. The van der Waals surface area contributed by atoms with E-state index in [1.165, 1.54) is 7.11 Å². The van der Waals surface area contributed by atoms with Gasteiger partial charge in [-0.25, -0.2) is 9.78 Å². The van der Waals surface area contributed by atoms with Crippen molar-refractivity contribution < 1.29 is 14.3 Å². The van der Waals surface area contributed by atoms with Crippen molar-refractivity contribution in [3.63, 3.8) is 0 Å². The van der Waals surface area contributed by atoms with E-state index in [1.807, 2.05) is 24.3 Å². The fraction of sp³-hybridized carbons (Fsp3) is 0.450. The summed E-state index contributed by atoms with van der Waals surface area (Å²) in [5, 5.41) is 3.74. The van der Waals surface area contributed by atoms with Gasteiger partial charge >= 0.3 is 5.97 Å². The third-order valence-corrected chi connectivity index (χ3v) is 5.37. The molecule has 1 aromatic carbocycles. The molecule has 1 heterocycles. The molecule has 2 aromatic rings. The van der Waals surface area contributed by atoms with Crippen LogP contribution in [0.4, 0.5) is 5.69 Å². The Morgan fingerprint density at radius 1 is 1.23 bits per heavy atom. The van der Waals surface area contributed by atoms with Gasteiger partial charge in [0, 0.05) is 5.39 Å². The monoisotopic (exact) mass is 355 g/mol. The lowest BCUT2D eigenvalue weighted by Gasteiger charge is -2.38. The zero-order valence-corrected chi connectivity index (χ0v) is 15.2. The van der Waals surface area contributed by atoms with Crippen molar-refractivity contribution in [3.8, 4) is 0 Å². The number of nitrogens with two attached hydrogens (primary N) is 1. The topological polar surface area (TPSA) is 94.3 Å². The molecule has 3 N–H and O–H groups in total. The molecule has 0 unspecified atom stereocenters. The van der Waals surface area contributed by atoms with Crippen molar-refractivity contribution in [2.45, 2.75) is 44.6 Å². The second-order valence-electron chi connectivity index (χ2n) is 7.10. The number of carbonyl (C=O) groups is 2. The summed E-state index contributed by atoms with van der Waals surface area (Å²) < 4.78 is 5.00. The van der Waals surface area contributed by atoms with E-state index >= 15 is 0 Å². The lowest BCUT2D eigenvalue weighted by atomic mass is 9.75. The molecular formula is C20H25N3O3. The van der Waals surface area contributed by atoms with Crippen LogP contribution in [0, 0.1) is 5.92 Å². The first-order valence-electron chi connectivity index (χ1n) is 9.02. The molecule has 1 fully saturated rings. The number of amides is 1. The minimum Gasteiger partial charge on any atom is -0.467 e. The molecular weight excluding hydrogens is 330 g/mol. The van der Waals surface area contributed by atoms with E-state index in [4.69, 9.17) is 10.5 Å². The highest BCUT2D eigenvalue weighted by Crippen LogP contribution is 2.34. The number of nitrogen functional groups attached to an aromatic ring is 1. The number of aromatic nitrogens is 1. The fourth-order valence-corrected chi connectivity index (χ4v) is 3.82. The highest BCUT2D eigenvalue weighted by molar-refractivity contribution is 6.02. The second kappa shape index (κ2) is 7.32. The van der Waals surface area contributed by atoms with Gasteiger partial charge in [0.2, 0.25) is 0 Å². The third kappa shape index (κ3) is 3.36. The maximum Gasteiger partial charge on any atom is 0.331 e. The number of ether oxygens (including phenoxy) is 1. The Balaban J connectivity index is 1.92. The number of para-hydroxylation sites is 1. The van der Waals surface area contributed by atoms with E-state index in [9.17, 15) is 9.59 Å². The van der Waals surface area contributed by atoms with Crippen molar-refractivity contribution in [3.05, 3.63) is 36.0 Å². The van der Waals surface area contributed by atoms with E-state index < -0.39 is 17.4 Å². The smallest absolute Gasteiger partial charge is 0.331 e. The average molecular weight is 355 g/mol. The Morgan fingerprint density at radius 2 is 1.92 bits per heavy atom. The van der Waals surface area contributed by atoms with Crippen LogP contribution in [-0.4, -0.2) is 29.5 Å². The quantitative estimate of drug-likeness (QED) is 0.822. The first-order valence-corrected chi connectivity index (χ1v) is 9.02. The molecule has 6 nitrogen and oxygen atoms in total. The summed E-state index contributed by atoms with van der Waals surface area (Å²) in [6.45, 7) is 1.74. The number of methoxy groups -OCH3 is 1. The molecule has 0 spiro atoms. The Bertz CT molecular complexity index is 830. The van der Waals surface area contributed by atoms with Crippen molar-refractivity contribution in [1.29, 1.82) is 0 Å². The number of benzene rings is 1. The number of carbonyl (C=O) groups excluding carboxylic acids is 2. The van der Waals surface area contributed by atoms with Gasteiger partial charge in [0.05, 0.1) is 18.3 Å². The van der Waals surface area contributed by atoms with E-state index in [2.05, 4.69) is 10.3 Å². The van der Waals surface area contributed by atoms with Crippen molar-refractivity contribution in [2.24, 2.45) is 5.92 Å². The lowest BCUT2D eigenvalue weighted by Crippen LogP contribution is -2.58. The number of esters is 1. The lowest BCUT2D eigenvalue weighted by molar-refractivity contribution is -0.150. The number of hydrogen-bond acceptors (Lipinski definition) is 5. The van der Waals surface area contributed by atoms with Crippen LogP contribution in [0.15, 0.2) is 30.3 Å². The normalized spacial score (nSPS) is 17.5. The molecule has 1 saturated carbocycles. The maximum absolute atomic E-state index is 12.9. The van der Waals surface area contributed by atoms with Crippen LogP contribution >= 0.6 is 0 Å². The number of pyridine rings is 1. The standard InChI is InChI=1S/C20H25N3O3/c1-20(19(25)26-2,14-9-4-3-5-10-14)23-18(24)17-15(21)12-13-8-6-7-11-16(13)22-17/h6-8,11-12,14H,3-5,9-10,21H2,1-2H3,(H,23,24)/t20-/m0/s1. The first-order chi connectivity index (χ1) is 12.5. The molecule has 6 heteroatoms. The first kappa shape index (κ1) is 18.2. The maximum atomic E-state index is 12.9. The molecule has 1 aromatic heterocycles. The summed E-state index contributed by atoms with van der Waals surface area (Å²) in [5.41, 5.74) is 6.07. The fourth-order valence-electron chi connectivity index (χ4n) is 3.82. The Labute approximate surface area is 153 Å². The van der Waals surface area contributed by atoms with Crippen LogP contribution in [0.25, 0.3) is 10.9 Å². The van der Waals surface area contributed by atoms with Gasteiger partial charge in [-0.15, -0.1) is 0 Å². The predicted octanol–water partition coefficient (Wildman–Crippen LogP) is 3.06. The Hall–Kier alpha value is -2.63. The van der Waals surface area contributed by atoms with Gasteiger partial charge in [0.1, 0.15) is 5.54 Å². The largest absolute Gasteiger partial charge is 0.467 e. The molecule has 1 atom stereocenters. The highest BCUT2D eigenvalue weighted by Gasteiger charge is 2.44. The summed E-state index contributed by atoms with van der Waals surface area (Å²) in [6, 6.07) is 9.19. The Kier molecular flexibility index (Phi) is 5.11. The van der Waals surface area contributed by atoms with Crippen LogP contribution < -0.4 is 11.1 Å². The predicted molar refractivity (Wildman–Crippen MR) is 101 cm³/mol. The van der Waals surface area contributed by atoms with Gasteiger partial charge in [-0.2, -0.15) is 0 Å². The van der Waals surface area contributed by atoms with E-state index in [-0.39, 0.29) is 17.3 Å². The van der Waals surface area contributed by atoms with E-state index in [0.29, 0.717) is 5.52 Å². The van der Waals surface area contributed by atoms with Crippen LogP contribution in [0.1, 0.15) is 49.5 Å². The molecule has 138 valence electrons. The van der Waals surface area contributed by atoms with Crippen LogP contribution in [0.2, 0.25) is 0 Å². The molecule has 0 radical (unpaired) electrons. The van der Waals surface area contributed by atoms with Gasteiger partial charge in [-0.1, -0.05) is 37.5 Å². The average Bonchev–Trinajstić information content (AvgIpc) is 2.67. The summed E-state index contributed by atoms with van der Waals surface area (Å²) in [6.07, 6.45) is 5.01. The molecule has 0 aliphatic heterocycles. The van der Waals surface area contributed by atoms with Crippen molar-refractivity contribution in [1.82, 2.24) is 10.3 Å². The number of fused-ring (bicyclic) bond motifs is 1. The van der Waals surface area contributed by atoms with E-state index in [1.54, 1.807) is 13.0 Å². The molecule has 0 bridgehead atoms. The van der Waals surface area contributed by atoms with Crippen LogP contribution in [-0.2, 0) is 9.53 Å². The summed E-state index contributed by atoms with van der Waals surface area (Å²) >= 11 is 0. The minimum atomic E-state index is -1.09. The van der Waals surface area contributed by atoms with E-state index in [0.717, 1.165) is 37.5 Å². The molecule has 0 saturated heterocycles. The molecule has 1 aliphatic carbocycles. The number of rotatable bonds is 4. The number of hydrogen-bond donors (Lipinski definition) is 2. The molecule has 1 aliphatic rings. The van der Waals surface area contributed by atoms with Crippen LogP contribution in [0.3, 0.4) is 0 Å². The Morgan fingerprint density at radius 3 is 2.62 bits per heavy atom. The van der Waals surface area contributed by atoms with Crippen LogP contribution in [0.5, 0.6) is 0 Å². The molecule has 1 amide bonds. The van der Waals surface area contributed by atoms with Gasteiger partial charge in [0.25, 0.3) is 5.91 Å². The van der Waals surface area contributed by atoms with Gasteiger partial charge in [-0.3, -0.25) is 4.79 Å². The number of anilines is 1. The summed E-state index contributed by atoms with van der Waals surface area (Å²) in [4.78, 5) is 29.8. The molecule has 3 rings (SSSR count). The summed E-state index contributed by atoms with van der Waals surface area (Å²) in [5.74, 6) is -0.849. The van der Waals surface area contributed by atoms with Crippen molar-refractivity contribution in [2.75, 3.05) is 12.8 Å². The number of nitrogens with zero attached hydrogens (tertiary/aromatic N) is 1. The SMILES string of the molecule is COC(=O)[C@@](C)(NC(=O)c1nc2ccccc2cc1N)C1CCCCC1. The third-order valence-electron chi connectivity index (χ3n) is 5.37. The summed E-state index contributed by atoms with van der Waals surface area (Å²) in [7, 11) is 1.35.